The second-order valence-corrected chi connectivity index (χ2v) is 6.16. The Bertz CT molecular complexity index is 444. The van der Waals surface area contributed by atoms with Crippen LogP contribution >= 0.6 is 0 Å². The fourth-order valence-electron chi connectivity index (χ4n) is 2.79. The predicted molar refractivity (Wildman–Crippen MR) is 89.0 cm³/mol. The van der Waals surface area contributed by atoms with E-state index in [0.29, 0.717) is 12.6 Å². The predicted octanol–water partition coefficient (Wildman–Crippen LogP) is 2.83. The van der Waals surface area contributed by atoms with Gasteiger partial charge in [-0.2, -0.15) is 0 Å². The maximum atomic E-state index is 12.3. The van der Waals surface area contributed by atoms with Crippen LogP contribution in [0, 0.1) is 0 Å². The molecule has 0 aromatic heterocycles. The van der Waals surface area contributed by atoms with Gasteiger partial charge in [-0.25, -0.2) is 0 Å². The first-order chi connectivity index (χ1) is 10.7. The van der Waals surface area contributed by atoms with Gasteiger partial charge in [-0.15, -0.1) is 0 Å². The second-order valence-electron chi connectivity index (χ2n) is 6.16. The Morgan fingerprint density at radius 3 is 2.64 bits per heavy atom. The number of carbonyl (C=O) groups is 1. The number of likely N-dealkylation sites (N-methyl/N-ethyl adjacent to an activating group) is 1. The molecule has 4 nitrogen and oxygen atoms in total. The highest BCUT2D eigenvalue weighted by atomic mass is 16.5. The number of ether oxygens (including phenoxy) is 1. The van der Waals surface area contributed by atoms with Crippen LogP contribution in [0.4, 0.5) is 0 Å². The molecule has 1 fully saturated rings. The van der Waals surface area contributed by atoms with Gasteiger partial charge in [0.25, 0.3) is 0 Å². The Morgan fingerprint density at radius 2 is 1.95 bits per heavy atom. The van der Waals surface area contributed by atoms with Gasteiger partial charge in [0.1, 0.15) is 12.4 Å². The van der Waals surface area contributed by atoms with Gasteiger partial charge in [-0.3, -0.25) is 9.69 Å². The topological polar surface area (TPSA) is 41.6 Å². The van der Waals surface area contributed by atoms with Crippen LogP contribution in [0.3, 0.4) is 0 Å². The third-order valence-corrected chi connectivity index (χ3v) is 4.45. The van der Waals surface area contributed by atoms with Crippen LogP contribution in [0.25, 0.3) is 0 Å². The Balaban J connectivity index is 1.69. The van der Waals surface area contributed by atoms with Gasteiger partial charge in [0.05, 0.1) is 6.04 Å². The van der Waals surface area contributed by atoms with Crippen molar-refractivity contribution >= 4 is 5.91 Å². The monoisotopic (exact) mass is 304 g/mol. The van der Waals surface area contributed by atoms with Crippen molar-refractivity contribution in [3.05, 3.63) is 30.3 Å². The van der Waals surface area contributed by atoms with Crippen LogP contribution in [0.2, 0.25) is 0 Å². The molecule has 0 bridgehead atoms. The molecule has 2 rings (SSSR count). The van der Waals surface area contributed by atoms with Crippen LogP contribution in [-0.2, 0) is 4.79 Å². The van der Waals surface area contributed by atoms with Crippen LogP contribution in [0.1, 0.15) is 39.0 Å². The standard InChI is InChI=1S/C18H28N2O2/c1-15(18(21)19-16-9-5-3-6-10-16)20(2)13-14-22-17-11-7-4-8-12-17/h4,7-8,11-12,15-16H,3,5-6,9-10,13-14H2,1-2H3,(H,19,21)/t15-/m0/s1. The summed E-state index contributed by atoms with van der Waals surface area (Å²) in [5.74, 6) is 1.00. The van der Waals surface area contributed by atoms with Crippen molar-refractivity contribution in [1.82, 2.24) is 10.2 Å². The van der Waals surface area contributed by atoms with E-state index in [1.54, 1.807) is 0 Å². The quantitative estimate of drug-likeness (QED) is 0.842. The lowest BCUT2D eigenvalue weighted by molar-refractivity contribution is -0.126. The summed E-state index contributed by atoms with van der Waals surface area (Å²) in [6.07, 6.45) is 6.03. The molecule has 122 valence electrons. The Morgan fingerprint density at radius 1 is 1.27 bits per heavy atom. The molecule has 0 saturated heterocycles. The van der Waals surface area contributed by atoms with E-state index in [9.17, 15) is 4.79 Å². The highest BCUT2D eigenvalue weighted by Crippen LogP contribution is 2.17. The summed E-state index contributed by atoms with van der Waals surface area (Å²) in [7, 11) is 1.97. The molecule has 0 aliphatic heterocycles. The van der Waals surface area contributed by atoms with Crippen molar-refractivity contribution < 1.29 is 9.53 Å². The van der Waals surface area contributed by atoms with E-state index < -0.39 is 0 Å². The zero-order valence-electron chi connectivity index (χ0n) is 13.8. The Hall–Kier alpha value is -1.55. The largest absolute Gasteiger partial charge is 0.492 e. The molecular weight excluding hydrogens is 276 g/mol. The summed E-state index contributed by atoms with van der Waals surface area (Å²) in [4.78, 5) is 14.3. The van der Waals surface area contributed by atoms with Gasteiger partial charge < -0.3 is 10.1 Å². The molecule has 1 atom stereocenters. The maximum absolute atomic E-state index is 12.3. The first-order valence-corrected chi connectivity index (χ1v) is 8.35. The summed E-state index contributed by atoms with van der Waals surface area (Å²) in [5, 5.41) is 3.19. The molecule has 22 heavy (non-hydrogen) atoms. The highest BCUT2D eigenvalue weighted by Gasteiger charge is 2.22. The number of para-hydroxylation sites is 1. The van der Waals surface area contributed by atoms with E-state index in [1.165, 1.54) is 19.3 Å². The smallest absolute Gasteiger partial charge is 0.237 e. The molecule has 0 heterocycles. The zero-order chi connectivity index (χ0) is 15.8. The minimum atomic E-state index is -0.124. The van der Waals surface area contributed by atoms with Crippen LogP contribution in [0.15, 0.2) is 30.3 Å². The minimum Gasteiger partial charge on any atom is -0.492 e. The fraction of sp³-hybridized carbons (Fsp3) is 0.611. The van der Waals surface area contributed by atoms with Crippen molar-refractivity contribution in [2.75, 3.05) is 20.2 Å². The average Bonchev–Trinajstić information content (AvgIpc) is 2.56. The molecule has 4 heteroatoms. The number of nitrogens with one attached hydrogen (secondary N) is 1. The highest BCUT2D eigenvalue weighted by molar-refractivity contribution is 5.81. The summed E-state index contributed by atoms with van der Waals surface area (Å²) < 4.78 is 5.68. The van der Waals surface area contributed by atoms with E-state index in [2.05, 4.69) is 5.32 Å². The molecule has 0 unspecified atom stereocenters. The number of amides is 1. The van der Waals surface area contributed by atoms with E-state index >= 15 is 0 Å². The van der Waals surface area contributed by atoms with Gasteiger partial charge in [0.2, 0.25) is 5.91 Å². The molecular formula is C18H28N2O2. The summed E-state index contributed by atoms with van der Waals surface area (Å²) >= 11 is 0. The normalized spacial score (nSPS) is 17.2. The average molecular weight is 304 g/mol. The number of rotatable bonds is 7. The first kappa shape index (κ1) is 16.8. The zero-order valence-corrected chi connectivity index (χ0v) is 13.8. The Kier molecular flexibility index (Phi) is 6.72. The van der Waals surface area contributed by atoms with Crippen molar-refractivity contribution in [3.8, 4) is 5.75 Å². The molecule has 1 aromatic rings. The van der Waals surface area contributed by atoms with Crippen molar-refractivity contribution in [2.45, 2.75) is 51.1 Å². The third-order valence-electron chi connectivity index (χ3n) is 4.45. The number of carbonyl (C=O) groups excluding carboxylic acids is 1. The number of hydrogen-bond donors (Lipinski definition) is 1. The molecule has 0 spiro atoms. The van der Waals surface area contributed by atoms with Gasteiger partial charge >= 0.3 is 0 Å². The van der Waals surface area contributed by atoms with Gasteiger partial charge in [0, 0.05) is 12.6 Å². The summed E-state index contributed by atoms with van der Waals surface area (Å²) in [5.41, 5.74) is 0. The number of benzene rings is 1. The molecule has 1 amide bonds. The summed E-state index contributed by atoms with van der Waals surface area (Å²) in [6, 6.07) is 10.0. The molecule has 1 saturated carbocycles. The van der Waals surface area contributed by atoms with Gasteiger partial charge in [-0.1, -0.05) is 37.5 Å². The van der Waals surface area contributed by atoms with Crippen molar-refractivity contribution in [1.29, 1.82) is 0 Å². The molecule has 1 aliphatic carbocycles. The first-order valence-electron chi connectivity index (χ1n) is 8.35. The van der Waals surface area contributed by atoms with Crippen molar-refractivity contribution in [3.63, 3.8) is 0 Å². The SMILES string of the molecule is C[C@@H](C(=O)NC1CCCCC1)N(C)CCOc1ccccc1. The lowest BCUT2D eigenvalue weighted by atomic mass is 9.95. The molecule has 0 radical (unpaired) electrons. The minimum absolute atomic E-state index is 0.124. The third kappa shape index (κ3) is 5.34. The van der Waals surface area contributed by atoms with E-state index in [0.717, 1.165) is 25.1 Å². The van der Waals surface area contributed by atoms with Crippen LogP contribution < -0.4 is 10.1 Å². The second kappa shape index (κ2) is 8.79. The van der Waals surface area contributed by atoms with Crippen molar-refractivity contribution in [2.24, 2.45) is 0 Å². The molecule has 1 aromatic carbocycles. The molecule has 1 N–H and O–H groups in total. The Labute approximate surface area is 133 Å². The lowest BCUT2D eigenvalue weighted by Gasteiger charge is -2.28. The van der Waals surface area contributed by atoms with Gasteiger partial charge in [-0.05, 0) is 38.9 Å². The van der Waals surface area contributed by atoms with E-state index in [1.807, 2.05) is 49.2 Å². The summed E-state index contributed by atoms with van der Waals surface area (Å²) in [6.45, 7) is 3.27. The van der Waals surface area contributed by atoms with Crippen LogP contribution in [-0.4, -0.2) is 43.1 Å². The molecule has 1 aliphatic rings. The van der Waals surface area contributed by atoms with E-state index in [4.69, 9.17) is 4.74 Å². The number of nitrogens with zero attached hydrogens (tertiary/aromatic N) is 1. The maximum Gasteiger partial charge on any atom is 0.237 e. The lowest BCUT2D eigenvalue weighted by Crippen LogP contribution is -2.48. The fourth-order valence-corrected chi connectivity index (χ4v) is 2.79. The van der Waals surface area contributed by atoms with Gasteiger partial charge in [0.15, 0.2) is 0 Å². The van der Waals surface area contributed by atoms with Crippen LogP contribution in [0.5, 0.6) is 5.75 Å². The number of hydrogen-bond acceptors (Lipinski definition) is 3. The van der Waals surface area contributed by atoms with E-state index in [-0.39, 0.29) is 11.9 Å².